The fourth-order valence-electron chi connectivity index (χ4n) is 2.95. The van der Waals surface area contributed by atoms with Crippen LogP contribution in [0.2, 0.25) is 0 Å². The lowest BCUT2D eigenvalue weighted by molar-refractivity contribution is -0.385. The number of benzene rings is 1. The summed E-state index contributed by atoms with van der Waals surface area (Å²) in [5, 5.41) is 19.1. The molecule has 0 unspecified atom stereocenters. The first kappa shape index (κ1) is 17.6. The first-order chi connectivity index (χ1) is 12.5. The number of carbonyl (C=O) groups excluding carboxylic acids is 1. The molecule has 2 aromatic rings. The van der Waals surface area contributed by atoms with Crippen molar-refractivity contribution in [1.82, 2.24) is 15.1 Å². The van der Waals surface area contributed by atoms with Crippen LogP contribution in [0.25, 0.3) is 0 Å². The first-order valence-corrected chi connectivity index (χ1v) is 8.17. The number of piperazine rings is 1. The molecular formula is C17H19N5O4. The number of rotatable bonds is 4. The van der Waals surface area contributed by atoms with Crippen LogP contribution in [0, 0.1) is 17.0 Å². The molecule has 3 rings (SSSR count). The molecule has 136 valence electrons. The number of carbonyl (C=O) groups is 1. The van der Waals surface area contributed by atoms with Crippen molar-refractivity contribution in [2.24, 2.45) is 0 Å². The van der Waals surface area contributed by atoms with Crippen LogP contribution < -0.4 is 9.64 Å². The van der Waals surface area contributed by atoms with Crippen molar-refractivity contribution in [3.63, 3.8) is 0 Å². The van der Waals surface area contributed by atoms with E-state index in [9.17, 15) is 14.9 Å². The van der Waals surface area contributed by atoms with Gasteiger partial charge in [0.25, 0.3) is 11.6 Å². The van der Waals surface area contributed by atoms with E-state index in [1.807, 2.05) is 11.0 Å². The maximum absolute atomic E-state index is 12.8. The third-order valence-electron chi connectivity index (χ3n) is 4.46. The lowest BCUT2D eigenvalue weighted by Crippen LogP contribution is -2.49. The average Bonchev–Trinajstić information content (AvgIpc) is 2.67. The highest BCUT2D eigenvalue weighted by atomic mass is 16.6. The van der Waals surface area contributed by atoms with E-state index in [0.29, 0.717) is 43.2 Å². The largest absolute Gasteiger partial charge is 0.480 e. The van der Waals surface area contributed by atoms with Gasteiger partial charge in [-0.2, -0.15) is 0 Å². The van der Waals surface area contributed by atoms with Crippen LogP contribution in [0.3, 0.4) is 0 Å². The molecule has 0 spiro atoms. The molecule has 2 heterocycles. The van der Waals surface area contributed by atoms with E-state index in [2.05, 4.69) is 10.2 Å². The fourth-order valence-corrected chi connectivity index (χ4v) is 2.95. The number of methoxy groups -OCH3 is 1. The normalized spacial score (nSPS) is 14.2. The Hall–Kier alpha value is -3.23. The lowest BCUT2D eigenvalue weighted by Gasteiger charge is -2.35. The SMILES string of the molecule is COc1ccc(N2CCN(C(=O)c3cccc([N+](=O)[O-])c3C)CC2)nn1. The van der Waals surface area contributed by atoms with Crippen molar-refractivity contribution in [1.29, 1.82) is 0 Å². The summed E-state index contributed by atoms with van der Waals surface area (Å²) >= 11 is 0. The standard InChI is InChI=1S/C17H19N5O4/c1-12-13(4-3-5-14(12)22(24)25)17(23)21-10-8-20(9-11-21)15-6-7-16(26-2)19-18-15/h3-7H,8-11H2,1-2H3. The second-order valence-electron chi connectivity index (χ2n) is 5.92. The number of aromatic nitrogens is 2. The Balaban J connectivity index is 1.69. The number of nitrogens with zero attached hydrogens (tertiary/aromatic N) is 5. The van der Waals surface area contributed by atoms with Gasteiger partial charge in [0.15, 0.2) is 5.82 Å². The number of nitro benzene ring substituents is 1. The van der Waals surface area contributed by atoms with E-state index in [-0.39, 0.29) is 11.6 Å². The summed E-state index contributed by atoms with van der Waals surface area (Å²) < 4.78 is 5.00. The Kier molecular flexibility index (Phi) is 4.97. The number of anilines is 1. The summed E-state index contributed by atoms with van der Waals surface area (Å²) in [6, 6.07) is 8.15. The molecule has 1 aromatic heterocycles. The van der Waals surface area contributed by atoms with Gasteiger partial charge in [-0.25, -0.2) is 0 Å². The highest BCUT2D eigenvalue weighted by Crippen LogP contribution is 2.23. The molecule has 0 atom stereocenters. The van der Waals surface area contributed by atoms with Crippen LogP contribution in [-0.4, -0.2) is 59.2 Å². The van der Waals surface area contributed by atoms with Gasteiger partial charge in [-0.15, -0.1) is 10.2 Å². The molecule has 9 heteroatoms. The summed E-state index contributed by atoms with van der Waals surface area (Å²) in [6.07, 6.45) is 0. The summed E-state index contributed by atoms with van der Waals surface area (Å²) in [4.78, 5) is 27.1. The number of ether oxygens (including phenoxy) is 1. The minimum absolute atomic E-state index is 0.0389. The Morgan fingerprint density at radius 1 is 1.15 bits per heavy atom. The van der Waals surface area contributed by atoms with Gasteiger partial charge in [0, 0.05) is 49.4 Å². The molecule has 0 N–H and O–H groups in total. The molecule has 9 nitrogen and oxygen atoms in total. The van der Waals surface area contributed by atoms with Gasteiger partial charge in [-0.3, -0.25) is 14.9 Å². The highest BCUT2D eigenvalue weighted by molar-refractivity contribution is 5.96. The fraction of sp³-hybridized carbons (Fsp3) is 0.353. The zero-order valence-electron chi connectivity index (χ0n) is 14.6. The first-order valence-electron chi connectivity index (χ1n) is 8.17. The predicted molar refractivity (Wildman–Crippen MR) is 94.5 cm³/mol. The molecule has 1 fully saturated rings. The zero-order valence-corrected chi connectivity index (χ0v) is 14.6. The van der Waals surface area contributed by atoms with E-state index in [4.69, 9.17) is 4.74 Å². The van der Waals surface area contributed by atoms with E-state index >= 15 is 0 Å². The van der Waals surface area contributed by atoms with Gasteiger partial charge < -0.3 is 14.5 Å². The second kappa shape index (κ2) is 7.34. The molecule has 0 saturated carbocycles. The zero-order chi connectivity index (χ0) is 18.7. The van der Waals surface area contributed by atoms with Gasteiger partial charge >= 0.3 is 0 Å². The van der Waals surface area contributed by atoms with E-state index in [1.165, 1.54) is 13.2 Å². The average molecular weight is 357 g/mol. The van der Waals surface area contributed by atoms with Crippen LogP contribution >= 0.6 is 0 Å². The van der Waals surface area contributed by atoms with Crippen LogP contribution in [0.4, 0.5) is 11.5 Å². The van der Waals surface area contributed by atoms with Crippen molar-refractivity contribution in [3.05, 3.63) is 51.6 Å². The number of nitro groups is 1. The Bertz CT molecular complexity index is 816. The van der Waals surface area contributed by atoms with Crippen LogP contribution in [0.1, 0.15) is 15.9 Å². The predicted octanol–water partition coefficient (Wildman–Crippen LogP) is 1.66. The molecule has 0 bridgehead atoms. The summed E-state index contributed by atoms with van der Waals surface area (Å²) in [7, 11) is 1.53. The third kappa shape index (κ3) is 3.41. The van der Waals surface area contributed by atoms with Gasteiger partial charge in [0.1, 0.15) is 0 Å². The summed E-state index contributed by atoms with van der Waals surface area (Å²) in [5.74, 6) is 0.986. The van der Waals surface area contributed by atoms with Gasteiger partial charge in [-0.05, 0) is 19.1 Å². The lowest BCUT2D eigenvalue weighted by atomic mass is 10.1. The van der Waals surface area contributed by atoms with E-state index in [1.54, 1.807) is 30.0 Å². The van der Waals surface area contributed by atoms with Gasteiger partial charge in [-0.1, -0.05) is 6.07 Å². The Morgan fingerprint density at radius 3 is 2.46 bits per heavy atom. The smallest absolute Gasteiger partial charge is 0.273 e. The quantitative estimate of drug-likeness (QED) is 0.606. The van der Waals surface area contributed by atoms with Gasteiger partial charge in [0.05, 0.1) is 12.0 Å². The molecule has 0 aliphatic carbocycles. The Labute approximate surface area is 150 Å². The minimum atomic E-state index is -0.466. The molecule has 26 heavy (non-hydrogen) atoms. The van der Waals surface area contributed by atoms with Crippen molar-refractivity contribution in [2.75, 3.05) is 38.2 Å². The monoisotopic (exact) mass is 357 g/mol. The van der Waals surface area contributed by atoms with Gasteiger partial charge in [0.2, 0.25) is 5.88 Å². The molecule has 0 radical (unpaired) electrons. The maximum atomic E-state index is 12.8. The molecule has 1 aliphatic heterocycles. The van der Waals surface area contributed by atoms with Crippen molar-refractivity contribution in [3.8, 4) is 5.88 Å². The molecule has 1 saturated heterocycles. The molecule has 1 aliphatic rings. The molecule has 1 aromatic carbocycles. The Morgan fingerprint density at radius 2 is 1.88 bits per heavy atom. The highest BCUT2D eigenvalue weighted by Gasteiger charge is 2.26. The van der Waals surface area contributed by atoms with Crippen molar-refractivity contribution in [2.45, 2.75) is 6.92 Å². The minimum Gasteiger partial charge on any atom is -0.480 e. The maximum Gasteiger partial charge on any atom is 0.273 e. The van der Waals surface area contributed by atoms with Crippen molar-refractivity contribution < 1.29 is 14.5 Å². The summed E-state index contributed by atoms with van der Waals surface area (Å²) in [5.41, 5.74) is 0.728. The van der Waals surface area contributed by atoms with E-state index in [0.717, 1.165) is 5.82 Å². The second-order valence-corrected chi connectivity index (χ2v) is 5.92. The van der Waals surface area contributed by atoms with Crippen LogP contribution in [-0.2, 0) is 0 Å². The number of hydrogen-bond acceptors (Lipinski definition) is 7. The topological polar surface area (TPSA) is 102 Å². The third-order valence-corrected chi connectivity index (χ3v) is 4.46. The van der Waals surface area contributed by atoms with Crippen molar-refractivity contribution >= 4 is 17.4 Å². The van der Waals surface area contributed by atoms with Crippen LogP contribution in [0.5, 0.6) is 5.88 Å². The number of amides is 1. The number of hydrogen-bond donors (Lipinski definition) is 0. The summed E-state index contributed by atoms with van der Waals surface area (Å²) in [6.45, 7) is 3.85. The molecular weight excluding hydrogens is 338 g/mol. The van der Waals surface area contributed by atoms with Crippen LogP contribution in [0.15, 0.2) is 30.3 Å². The van der Waals surface area contributed by atoms with E-state index < -0.39 is 4.92 Å². The molecule has 1 amide bonds.